The van der Waals surface area contributed by atoms with Crippen molar-refractivity contribution >= 4 is 40.6 Å². The third-order valence-electron chi connectivity index (χ3n) is 5.53. The molecule has 0 aromatic heterocycles. The lowest BCUT2D eigenvalue weighted by Crippen LogP contribution is -2.37. The second-order valence-corrected chi connectivity index (χ2v) is 8.02. The first-order valence-electron chi connectivity index (χ1n) is 10.0. The molecule has 2 amide bonds. The molecule has 166 valence electrons. The highest BCUT2D eigenvalue weighted by molar-refractivity contribution is 6.36. The third kappa shape index (κ3) is 4.35. The number of benzene rings is 1. The van der Waals surface area contributed by atoms with Crippen molar-refractivity contribution < 1.29 is 23.5 Å². The van der Waals surface area contributed by atoms with Gasteiger partial charge in [0.2, 0.25) is 5.91 Å². The van der Waals surface area contributed by atoms with E-state index >= 15 is 0 Å². The van der Waals surface area contributed by atoms with E-state index in [0.717, 1.165) is 18.9 Å². The molecule has 3 rings (SSSR count). The summed E-state index contributed by atoms with van der Waals surface area (Å²) in [6, 6.07) is 2.24. The van der Waals surface area contributed by atoms with Crippen LogP contribution in [0.5, 0.6) is 0 Å². The average Bonchev–Trinajstić information content (AvgIpc) is 3.59. The van der Waals surface area contributed by atoms with Crippen LogP contribution in [0.4, 0.5) is 14.5 Å². The third-order valence-corrected chi connectivity index (χ3v) is 5.91. The van der Waals surface area contributed by atoms with Crippen LogP contribution in [0, 0.1) is 11.3 Å². The standard InChI is InChI=1S/C22H24ClF2N3O3/c1-3-22(24,25)14-10-9-13(17(23)19(14)28-11-5-4-6-15(28)29)20(30)16(21(31)27-2)18(26)12-7-8-12/h3,9-10,12,26,30H,1,4-8,11H2,2H3,(H,27,31). The van der Waals surface area contributed by atoms with E-state index in [1.165, 1.54) is 18.0 Å². The van der Waals surface area contributed by atoms with Crippen LogP contribution in [-0.4, -0.2) is 36.2 Å². The zero-order valence-electron chi connectivity index (χ0n) is 17.1. The fourth-order valence-corrected chi connectivity index (χ4v) is 3.98. The maximum absolute atomic E-state index is 14.6. The van der Waals surface area contributed by atoms with Gasteiger partial charge in [0.15, 0.2) is 0 Å². The van der Waals surface area contributed by atoms with E-state index in [1.54, 1.807) is 0 Å². The molecule has 2 fully saturated rings. The first kappa shape index (κ1) is 22.9. The second kappa shape index (κ2) is 8.78. The molecule has 1 aromatic carbocycles. The Hall–Kier alpha value is -2.74. The minimum atomic E-state index is -3.47. The number of aliphatic hydroxyl groups excluding tert-OH is 1. The second-order valence-electron chi connectivity index (χ2n) is 7.64. The summed E-state index contributed by atoms with van der Waals surface area (Å²) in [5.74, 6) is -5.24. The molecule has 0 radical (unpaired) electrons. The Morgan fingerprint density at radius 1 is 1.39 bits per heavy atom. The molecule has 2 aliphatic rings. The number of halogens is 3. The molecule has 6 nitrogen and oxygen atoms in total. The summed E-state index contributed by atoms with van der Waals surface area (Å²) >= 11 is 6.50. The van der Waals surface area contributed by atoms with E-state index in [1.807, 2.05) is 0 Å². The molecular weight excluding hydrogens is 428 g/mol. The van der Waals surface area contributed by atoms with Crippen molar-refractivity contribution in [3.05, 3.63) is 46.5 Å². The number of amides is 2. The molecule has 1 saturated carbocycles. The zero-order valence-corrected chi connectivity index (χ0v) is 17.9. The minimum absolute atomic E-state index is 0.0380. The Morgan fingerprint density at radius 3 is 2.61 bits per heavy atom. The molecule has 1 aliphatic carbocycles. The predicted molar refractivity (Wildman–Crippen MR) is 116 cm³/mol. The molecule has 0 bridgehead atoms. The van der Waals surface area contributed by atoms with Crippen molar-refractivity contribution in [2.75, 3.05) is 18.5 Å². The van der Waals surface area contributed by atoms with E-state index < -0.39 is 23.2 Å². The van der Waals surface area contributed by atoms with Gasteiger partial charge in [0, 0.05) is 31.5 Å². The molecule has 31 heavy (non-hydrogen) atoms. The van der Waals surface area contributed by atoms with Crippen molar-refractivity contribution in [1.29, 1.82) is 5.41 Å². The fraction of sp³-hybridized carbons (Fsp3) is 0.409. The lowest BCUT2D eigenvalue weighted by molar-refractivity contribution is -0.119. The fourth-order valence-electron chi connectivity index (χ4n) is 3.63. The molecule has 3 N–H and O–H groups in total. The van der Waals surface area contributed by atoms with Crippen LogP contribution in [0.25, 0.3) is 5.76 Å². The smallest absolute Gasteiger partial charge is 0.293 e. The Morgan fingerprint density at radius 2 is 2.06 bits per heavy atom. The van der Waals surface area contributed by atoms with Gasteiger partial charge in [0.25, 0.3) is 11.8 Å². The molecule has 1 aliphatic heterocycles. The van der Waals surface area contributed by atoms with Crippen LogP contribution in [0.2, 0.25) is 5.02 Å². The van der Waals surface area contributed by atoms with Crippen molar-refractivity contribution in [2.24, 2.45) is 5.92 Å². The monoisotopic (exact) mass is 451 g/mol. The number of hydrogen-bond donors (Lipinski definition) is 3. The van der Waals surface area contributed by atoms with E-state index in [9.17, 15) is 23.5 Å². The molecule has 1 aromatic rings. The van der Waals surface area contributed by atoms with E-state index in [-0.39, 0.29) is 52.3 Å². The molecule has 0 atom stereocenters. The van der Waals surface area contributed by atoms with Gasteiger partial charge in [0.05, 0.1) is 22.0 Å². The summed E-state index contributed by atoms with van der Waals surface area (Å²) in [7, 11) is 1.36. The van der Waals surface area contributed by atoms with Gasteiger partial charge in [0.1, 0.15) is 11.3 Å². The molecular formula is C22H24ClF2N3O3. The van der Waals surface area contributed by atoms with Crippen molar-refractivity contribution in [1.82, 2.24) is 5.32 Å². The predicted octanol–water partition coefficient (Wildman–Crippen LogP) is 4.58. The number of carbonyl (C=O) groups excluding carboxylic acids is 2. The maximum atomic E-state index is 14.6. The van der Waals surface area contributed by atoms with Gasteiger partial charge in [-0.25, -0.2) is 0 Å². The Labute approximate surface area is 184 Å². The van der Waals surface area contributed by atoms with E-state index in [0.29, 0.717) is 18.9 Å². The van der Waals surface area contributed by atoms with Crippen LogP contribution < -0.4 is 10.2 Å². The quantitative estimate of drug-likeness (QED) is 0.245. The highest BCUT2D eigenvalue weighted by Crippen LogP contribution is 2.45. The van der Waals surface area contributed by atoms with E-state index in [2.05, 4.69) is 11.9 Å². The van der Waals surface area contributed by atoms with Crippen molar-refractivity contribution in [3.8, 4) is 0 Å². The average molecular weight is 452 g/mol. The summed E-state index contributed by atoms with van der Waals surface area (Å²) in [6.45, 7) is 3.38. The van der Waals surface area contributed by atoms with Gasteiger partial charge in [-0.3, -0.25) is 9.59 Å². The number of alkyl halides is 2. The highest BCUT2D eigenvalue weighted by Gasteiger charge is 2.38. The Kier molecular flexibility index (Phi) is 6.50. The SMILES string of the molecule is C=CC(F)(F)c1ccc(C(O)=C(C(=N)C2CC2)C(=O)NC)c(Cl)c1N1CCCCC1=O. The number of nitrogens with zero attached hydrogens (tertiary/aromatic N) is 1. The van der Waals surface area contributed by atoms with E-state index in [4.69, 9.17) is 17.0 Å². The van der Waals surface area contributed by atoms with Crippen LogP contribution in [0.3, 0.4) is 0 Å². The number of carbonyl (C=O) groups is 2. The summed E-state index contributed by atoms with van der Waals surface area (Å²) in [4.78, 5) is 26.1. The molecule has 1 heterocycles. The van der Waals surface area contributed by atoms with Gasteiger partial charge < -0.3 is 20.7 Å². The molecule has 9 heteroatoms. The number of likely N-dealkylation sites (N-methyl/N-ethyl adjacent to an activating group) is 1. The van der Waals surface area contributed by atoms with Crippen LogP contribution in [0.15, 0.2) is 30.4 Å². The number of rotatable bonds is 7. The molecule has 1 saturated heterocycles. The lowest BCUT2D eigenvalue weighted by Gasteiger charge is -2.31. The van der Waals surface area contributed by atoms with Gasteiger partial charge in [-0.2, -0.15) is 8.78 Å². The minimum Gasteiger partial charge on any atom is -0.506 e. The number of hydrogen-bond acceptors (Lipinski definition) is 4. The number of nitrogens with one attached hydrogen (secondary N) is 2. The number of piperidine rings is 1. The number of allylic oxidation sites excluding steroid dienone is 1. The summed E-state index contributed by atoms with van der Waals surface area (Å²) < 4.78 is 29.3. The summed E-state index contributed by atoms with van der Waals surface area (Å²) in [5.41, 5.74) is -1.12. The van der Waals surface area contributed by atoms with Gasteiger partial charge >= 0.3 is 0 Å². The van der Waals surface area contributed by atoms with Gasteiger partial charge in [-0.1, -0.05) is 18.2 Å². The Balaban J connectivity index is 2.25. The summed E-state index contributed by atoms with van der Waals surface area (Å²) in [5, 5.41) is 21.3. The highest BCUT2D eigenvalue weighted by atomic mass is 35.5. The van der Waals surface area contributed by atoms with Crippen molar-refractivity contribution in [3.63, 3.8) is 0 Å². The molecule has 0 spiro atoms. The first-order chi connectivity index (χ1) is 14.6. The van der Waals surface area contributed by atoms with Crippen LogP contribution >= 0.6 is 11.6 Å². The van der Waals surface area contributed by atoms with Crippen molar-refractivity contribution in [2.45, 2.75) is 38.0 Å². The van der Waals surface area contributed by atoms with Crippen LogP contribution in [0.1, 0.15) is 43.2 Å². The number of aliphatic hydroxyl groups is 1. The molecule has 0 unspecified atom stereocenters. The summed E-state index contributed by atoms with van der Waals surface area (Å²) in [6.07, 6.45) is 3.35. The zero-order chi connectivity index (χ0) is 22.9. The normalized spacial score (nSPS) is 17.8. The first-order valence-corrected chi connectivity index (χ1v) is 10.4. The number of anilines is 1. The van der Waals surface area contributed by atoms with Crippen LogP contribution in [-0.2, 0) is 15.5 Å². The lowest BCUT2D eigenvalue weighted by atomic mass is 9.96. The van der Waals surface area contributed by atoms with Gasteiger partial charge in [-0.05, 0) is 43.9 Å². The Bertz CT molecular complexity index is 986. The maximum Gasteiger partial charge on any atom is 0.293 e. The topological polar surface area (TPSA) is 93.5 Å². The largest absolute Gasteiger partial charge is 0.506 e. The van der Waals surface area contributed by atoms with Gasteiger partial charge in [-0.15, -0.1) is 0 Å².